The van der Waals surface area contributed by atoms with Crippen molar-refractivity contribution >= 4 is 19.3 Å². The fourth-order valence-corrected chi connectivity index (χ4v) is 8.17. The fourth-order valence-electron chi connectivity index (χ4n) is 4.17. The molecule has 94 valence electrons. The van der Waals surface area contributed by atoms with Crippen molar-refractivity contribution in [2.45, 2.75) is 25.6 Å². The summed E-state index contributed by atoms with van der Waals surface area (Å²) < 4.78 is 0. The van der Waals surface area contributed by atoms with Gasteiger partial charge in [0.15, 0.2) is 0 Å². The topological polar surface area (TPSA) is 0 Å². The van der Waals surface area contributed by atoms with Gasteiger partial charge in [0.25, 0.3) is 0 Å². The third-order valence-corrected chi connectivity index (χ3v) is 8.88. The van der Waals surface area contributed by atoms with Crippen molar-refractivity contribution in [3.63, 3.8) is 0 Å². The van der Waals surface area contributed by atoms with E-state index in [2.05, 4.69) is 68.6 Å². The van der Waals surface area contributed by atoms with Crippen LogP contribution in [0.15, 0.2) is 48.0 Å². The molecule has 0 nitrogen and oxygen atoms in total. The predicted octanol–water partition coefficient (Wildman–Crippen LogP) is 4.32. The Morgan fingerprint density at radius 1 is 0.947 bits per heavy atom. The Morgan fingerprint density at radius 3 is 2.42 bits per heavy atom. The summed E-state index contributed by atoms with van der Waals surface area (Å²) in [5, 5.41) is 1.65. The van der Waals surface area contributed by atoms with Crippen LogP contribution >= 0.6 is 0 Å². The summed E-state index contributed by atoms with van der Waals surface area (Å²) in [7, 11) is -1.40. The molecule has 0 N–H and O–H groups in total. The minimum Gasteiger partial charge on any atom is -0.0675 e. The highest BCUT2D eigenvalue weighted by Gasteiger charge is 2.47. The molecule has 0 aromatic heterocycles. The van der Waals surface area contributed by atoms with Gasteiger partial charge in [-0.3, -0.25) is 0 Å². The van der Waals surface area contributed by atoms with Crippen molar-refractivity contribution in [2.24, 2.45) is 0 Å². The van der Waals surface area contributed by atoms with E-state index in [4.69, 9.17) is 0 Å². The van der Waals surface area contributed by atoms with Crippen LogP contribution in [0.3, 0.4) is 0 Å². The van der Waals surface area contributed by atoms with Crippen LogP contribution < -0.4 is 5.19 Å². The van der Waals surface area contributed by atoms with Crippen LogP contribution in [-0.4, -0.2) is 8.07 Å². The summed E-state index contributed by atoms with van der Waals surface area (Å²) in [5.41, 5.74) is 8.33. The quantitative estimate of drug-likeness (QED) is 0.671. The molecule has 2 aliphatic rings. The number of allylic oxidation sites excluding steroid dienone is 1. The van der Waals surface area contributed by atoms with Crippen LogP contribution in [0.2, 0.25) is 13.1 Å². The Balaban J connectivity index is 2.08. The zero-order valence-corrected chi connectivity index (χ0v) is 12.7. The van der Waals surface area contributed by atoms with Crippen LogP contribution in [0.25, 0.3) is 17.2 Å². The van der Waals surface area contributed by atoms with Crippen LogP contribution in [0, 0.1) is 0 Å². The number of rotatable bonds is 1. The molecule has 2 aromatic carbocycles. The van der Waals surface area contributed by atoms with Gasteiger partial charge in [-0.05, 0) is 29.2 Å². The van der Waals surface area contributed by atoms with Gasteiger partial charge in [-0.1, -0.05) is 72.4 Å². The lowest BCUT2D eigenvalue weighted by Crippen LogP contribution is -2.43. The van der Waals surface area contributed by atoms with Crippen LogP contribution in [-0.2, 0) is 0 Å². The second kappa shape index (κ2) is 3.49. The maximum absolute atomic E-state index is 2.53. The van der Waals surface area contributed by atoms with Gasteiger partial charge in [0.05, 0.1) is 8.07 Å². The molecule has 2 bridgehead atoms. The van der Waals surface area contributed by atoms with Gasteiger partial charge in [0.2, 0.25) is 0 Å². The van der Waals surface area contributed by atoms with Crippen molar-refractivity contribution in [3.05, 3.63) is 59.2 Å². The Labute approximate surface area is 115 Å². The minimum absolute atomic E-state index is 0.711. The average Bonchev–Trinajstić information content (AvgIpc) is 2.82. The molecule has 1 aliphatic carbocycles. The van der Waals surface area contributed by atoms with Crippen molar-refractivity contribution in [3.8, 4) is 11.1 Å². The van der Waals surface area contributed by atoms with Gasteiger partial charge in [-0.2, -0.15) is 0 Å². The van der Waals surface area contributed by atoms with Crippen LogP contribution in [0.5, 0.6) is 0 Å². The minimum atomic E-state index is -1.40. The van der Waals surface area contributed by atoms with Gasteiger partial charge in [0, 0.05) is 5.54 Å². The number of hydrogen-bond acceptors (Lipinski definition) is 0. The zero-order chi connectivity index (χ0) is 13.2. The number of benzene rings is 2. The van der Waals surface area contributed by atoms with Crippen molar-refractivity contribution in [2.75, 3.05) is 0 Å². The van der Waals surface area contributed by atoms with Crippen LogP contribution in [0.4, 0.5) is 0 Å². The van der Waals surface area contributed by atoms with Crippen molar-refractivity contribution < 1.29 is 0 Å². The van der Waals surface area contributed by atoms with E-state index in [9.17, 15) is 0 Å². The molecule has 1 unspecified atom stereocenters. The van der Waals surface area contributed by atoms with Crippen molar-refractivity contribution in [1.82, 2.24) is 0 Å². The van der Waals surface area contributed by atoms with Gasteiger partial charge < -0.3 is 0 Å². The molecule has 1 heterocycles. The van der Waals surface area contributed by atoms with E-state index >= 15 is 0 Å². The average molecular weight is 262 g/mol. The summed E-state index contributed by atoms with van der Waals surface area (Å²) in [6.07, 6.45) is 2.41. The van der Waals surface area contributed by atoms with E-state index in [0.717, 1.165) is 0 Å². The summed E-state index contributed by atoms with van der Waals surface area (Å²) in [5.74, 6) is 0. The van der Waals surface area contributed by atoms with Crippen LogP contribution in [0.1, 0.15) is 23.6 Å². The highest BCUT2D eigenvalue weighted by molar-refractivity contribution is 6.94. The molecule has 0 amide bonds. The molecule has 0 saturated carbocycles. The van der Waals surface area contributed by atoms with E-state index in [-0.39, 0.29) is 0 Å². The first-order valence-electron chi connectivity index (χ1n) is 7.01. The third-order valence-electron chi connectivity index (χ3n) is 4.88. The Hall–Kier alpha value is -1.60. The summed E-state index contributed by atoms with van der Waals surface area (Å²) in [6, 6.07) is 15.7. The highest BCUT2D eigenvalue weighted by atomic mass is 28.3. The predicted molar refractivity (Wildman–Crippen MR) is 85.4 cm³/mol. The van der Waals surface area contributed by atoms with Gasteiger partial charge in [0.1, 0.15) is 0 Å². The van der Waals surface area contributed by atoms with E-state index in [1.54, 1.807) is 21.9 Å². The Bertz CT molecular complexity index is 708. The Morgan fingerprint density at radius 2 is 1.68 bits per heavy atom. The van der Waals surface area contributed by atoms with E-state index in [0.29, 0.717) is 5.54 Å². The lowest BCUT2D eigenvalue weighted by atomic mass is 9.96. The standard InChI is InChI=1S/C18H18Si/c1-12-11-14-9-10-15-16(13-7-5-4-6-8-13)17(14)18(12)19(15,2)3/h4-11,18H,1-3H3. The monoisotopic (exact) mass is 262 g/mol. The molecular formula is C18H18Si. The lowest BCUT2D eigenvalue weighted by molar-refractivity contribution is 1.11. The van der Waals surface area contributed by atoms with E-state index < -0.39 is 8.07 Å². The second-order valence-corrected chi connectivity index (χ2v) is 11.0. The first kappa shape index (κ1) is 11.2. The maximum Gasteiger partial charge on any atom is 0.0931 e. The SMILES string of the molecule is CC1=Cc2ccc3c(-c4ccccc4)c2C1[Si]3(C)C. The second-order valence-electron chi connectivity index (χ2n) is 6.40. The lowest BCUT2D eigenvalue weighted by Gasteiger charge is -2.25. The zero-order valence-electron chi connectivity index (χ0n) is 11.7. The largest absolute Gasteiger partial charge is 0.0931 e. The fraction of sp³-hybridized carbons (Fsp3) is 0.222. The molecule has 0 fully saturated rings. The molecule has 0 spiro atoms. The van der Waals surface area contributed by atoms with Crippen molar-refractivity contribution in [1.29, 1.82) is 0 Å². The molecule has 0 radical (unpaired) electrons. The summed E-state index contributed by atoms with van der Waals surface area (Å²) >= 11 is 0. The molecule has 1 atom stereocenters. The number of hydrogen-bond donors (Lipinski definition) is 0. The summed E-state index contributed by atoms with van der Waals surface area (Å²) in [6.45, 7) is 7.37. The number of fused-ring (bicyclic) bond motifs is 1. The maximum atomic E-state index is 2.53. The van der Waals surface area contributed by atoms with E-state index in [1.807, 2.05) is 0 Å². The molecule has 19 heavy (non-hydrogen) atoms. The molecule has 4 rings (SSSR count). The van der Waals surface area contributed by atoms with E-state index in [1.165, 1.54) is 11.1 Å². The first-order valence-corrected chi connectivity index (χ1v) is 10.1. The molecule has 1 aliphatic heterocycles. The highest BCUT2D eigenvalue weighted by Crippen LogP contribution is 2.51. The third kappa shape index (κ3) is 1.29. The molecule has 1 heteroatoms. The van der Waals surface area contributed by atoms with Gasteiger partial charge in [-0.25, -0.2) is 0 Å². The molecule has 0 saturated heterocycles. The van der Waals surface area contributed by atoms with Gasteiger partial charge >= 0.3 is 0 Å². The first-order chi connectivity index (χ1) is 9.10. The van der Waals surface area contributed by atoms with Gasteiger partial charge in [-0.15, -0.1) is 0 Å². The normalized spacial score (nSPS) is 21.6. The molecule has 2 aromatic rings. The smallest absolute Gasteiger partial charge is 0.0675 e. The summed E-state index contributed by atoms with van der Waals surface area (Å²) in [4.78, 5) is 0. The Kier molecular flexibility index (Phi) is 2.06. The molecular weight excluding hydrogens is 244 g/mol.